The Morgan fingerprint density at radius 1 is 1.19 bits per heavy atom. The first-order chi connectivity index (χ1) is 12.3. The number of nitrogens with one attached hydrogen (secondary N) is 1. The van der Waals surface area contributed by atoms with Crippen LogP contribution in [0.3, 0.4) is 0 Å². The van der Waals surface area contributed by atoms with E-state index in [1.54, 1.807) is 0 Å². The SMILES string of the molecule is CC1CC(NC(=O)c2ccc(=O)n(Cc3ccccc3)n2)CC(C)(C)C1. The topological polar surface area (TPSA) is 64.0 Å². The van der Waals surface area contributed by atoms with Crippen molar-refractivity contribution >= 4 is 5.91 Å². The Morgan fingerprint density at radius 3 is 2.62 bits per heavy atom. The summed E-state index contributed by atoms with van der Waals surface area (Å²) in [7, 11) is 0. The maximum atomic E-state index is 12.7. The number of rotatable bonds is 4. The lowest BCUT2D eigenvalue weighted by molar-refractivity contribution is 0.0867. The molecule has 0 spiro atoms. The molecule has 0 bridgehead atoms. The fraction of sp³-hybridized carbons (Fsp3) is 0.476. The molecule has 2 atom stereocenters. The minimum Gasteiger partial charge on any atom is -0.348 e. The normalized spacial score (nSPS) is 22.0. The second kappa shape index (κ2) is 7.44. The number of carbonyl (C=O) groups is 1. The first-order valence-electron chi connectivity index (χ1n) is 9.25. The minimum atomic E-state index is -0.210. The summed E-state index contributed by atoms with van der Waals surface area (Å²) in [6, 6.07) is 12.7. The van der Waals surface area contributed by atoms with Crippen LogP contribution in [0, 0.1) is 11.3 Å². The highest BCUT2D eigenvalue weighted by molar-refractivity contribution is 5.92. The van der Waals surface area contributed by atoms with Gasteiger partial charge in [-0.25, -0.2) is 4.68 Å². The Kier molecular flexibility index (Phi) is 5.25. The van der Waals surface area contributed by atoms with E-state index in [-0.39, 0.29) is 28.6 Å². The van der Waals surface area contributed by atoms with Crippen LogP contribution in [0.15, 0.2) is 47.3 Å². The standard InChI is InChI=1S/C21H27N3O2/c1-15-11-17(13-21(2,3)12-15)22-20(26)18-9-10-19(25)24(23-18)14-16-7-5-4-6-8-16/h4-10,15,17H,11-14H2,1-3H3,(H,22,26). The van der Waals surface area contributed by atoms with Crippen LogP contribution in [-0.2, 0) is 6.54 Å². The molecule has 5 heteroatoms. The summed E-state index contributed by atoms with van der Waals surface area (Å²) in [4.78, 5) is 24.7. The van der Waals surface area contributed by atoms with Crippen molar-refractivity contribution < 1.29 is 4.79 Å². The predicted octanol–water partition coefficient (Wildman–Crippen LogP) is 3.24. The van der Waals surface area contributed by atoms with Crippen LogP contribution in [0.4, 0.5) is 0 Å². The molecule has 1 aliphatic carbocycles. The lowest BCUT2D eigenvalue weighted by atomic mass is 9.70. The molecule has 1 aromatic carbocycles. The maximum Gasteiger partial charge on any atom is 0.271 e. The van der Waals surface area contributed by atoms with Crippen molar-refractivity contribution in [2.75, 3.05) is 0 Å². The second-order valence-electron chi connectivity index (χ2n) is 8.28. The summed E-state index contributed by atoms with van der Waals surface area (Å²) in [6.45, 7) is 7.09. The Labute approximate surface area is 154 Å². The van der Waals surface area contributed by atoms with E-state index < -0.39 is 0 Å². The zero-order valence-electron chi connectivity index (χ0n) is 15.7. The first kappa shape index (κ1) is 18.4. The quantitative estimate of drug-likeness (QED) is 0.918. The van der Waals surface area contributed by atoms with Crippen LogP contribution in [0.2, 0.25) is 0 Å². The van der Waals surface area contributed by atoms with E-state index in [1.807, 2.05) is 30.3 Å². The molecule has 1 aromatic heterocycles. The van der Waals surface area contributed by atoms with Crippen LogP contribution in [-0.4, -0.2) is 21.7 Å². The molecule has 5 nitrogen and oxygen atoms in total. The van der Waals surface area contributed by atoms with Crippen LogP contribution in [0.5, 0.6) is 0 Å². The van der Waals surface area contributed by atoms with Crippen molar-refractivity contribution in [3.8, 4) is 0 Å². The molecule has 0 radical (unpaired) electrons. The van der Waals surface area contributed by atoms with Crippen molar-refractivity contribution in [3.63, 3.8) is 0 Å². The van der Waals surface area contributed by atoms with Gasteiger partial charge in [-0.2, -0.15) is 5.10 Å². The zero-order chi connectivity index (χ0) is 18.7. The molecule has 2 unspecified atom stereocenters. The molecule has 2 aromatic rings. The van der Waals surface area contributed by atoms with Gasteiger partial charge in [-0.1, -0.05) is 51.1 Å². The number of nitrogens with zero attached hydrogens (tertiary/aromatic N) is 2. The predicted molar refractivity (Wildman–Crippen MR) is 102 cm³/mol. The van der Waals surface area contributed by atoms with Gasteiger partial charge in [0.1, 0.15) is 5.69 Å². The van der Waals surface area contributed by atoms with E-state index in [2.05, 4.69) is 31.2 Å². The van der Waals surface area contributed by atoms with E-state index in [0.717, 1.165) is 18.4 Å². The van der Waals surface area contributed by atoms with Crippen LogP contribution < -0.4 is 10.9 Å². The average Bonchev–Trinajstić information content (AvgIpc) is 2.56. The Bertz CT molecular complexity index is 827. The highest BCUT2D eigenvalue weighted by Crippen LogP contribution is 2.38. The zero-order valence-corrected chi connectivity index (χ0v) is 15.7. The van der Waals surface area contributed by atoms with Gasteiger partial charge in [0.05, 0.1) is 6.54 Å². The van der Waals surface area contributed by atoms with Gasteiger partial charge in [0.2, 0.25) is 0 Å². The monoisotopic (exact) mass is 353 g/mol. The summed E-state index contributed by atoms with van der Waals surface area (Å²) in [6.07, 6.45) is 3.13. The molecule has 1 heterocycles. The number of amides is 1. The smallest absolute Gasteiger partial charge is 0.271 e. The third-order valence-electron chi connectivity index (χ3n) is 5.00. The van der Waals surface area contributed by atoms with Gasteiger partial charge in [-0.15, -0.1) is 0 Å². The molecule has 1 fully saturated rings. The third kappa shape index (κ3) is 4.59. The lowest BCUT2D eigenvalue weighted by Gasteiger charge is -2.39. The fourth-order valence-corrected chi connectivity index (χ4v) is 4.16. The van der Waals surface area contributed by atoms with Gasteiger partial charge >= 0.3 is 0 Å². The van der Waals surface area contributed by atoms with E-state index in [9.17, 15) is 9.59 Å². The maximum absolute atomic E-state index is 12.7. The molecular formula is C21H27N3O2. The molecule has 1 N–H and O–H groups in total. The molecule has 0 saturated heterocycles. The number of benzene rings is 1. The molecule has 3 rings (SSSR count). The molecule has 138 valence electrons. The van der Waals surface area contributed by atoms with Gasteiger partial charge in [-0.3, -0.25) is 9.59 Å². The van der Waals surface area contributed by atoms with Crippen LogP contribution in [0.25, 0.3) is 0 Å². The third-order valence-corrected chi connectivity index (χ3v) is 5.00. The number of hydrogen-bond donors (Lipinski definition) is 1. The lowest BCUT2D eigenvalue weighted by Crippen LogP contribution is -2.43. The molecular weight excluding hydrogens is 326 g/mol. The summed E-state index contributed by atoms with van der Waals surface area (Å²) in [5.74, 6) is 0.380. The van der Waals surface area contributed by atoms with Gasteiger partial charge in [-0.05, 0) is 42.2 Å². The van der Waals surface area contributed by atoms with Crippen molar-refractivity contribution in [3.05, 3.63) is 64.1 Å². The van der Waals surface area contributed by atoms with Gasteiger partial charge in [0.15, 0.2) is 0 Å². The first-order valence-corrected chi connectivity index (χ1v) is 9.25. The van der Waals surface area contributed by atoms with Crippen molar-refractivity contribution in [1.82, 2.24) is 15.1 Å². The summed E-state index contributed by atoms with van der Waals surface area (Å²) in [5, 5.41) is 7.40. The van der Waals surface area contributed by atoms with Gasteiger partial charge < -0.3 is 5.32 Å². The fourth-order valence-electron chi connectivity index (χ4n) is 4.16. The highest BCUT2D eigenvalue weighted by atomic mass is 16.2. The number of hydrogen-bond acceptors (Lipinski definition) is 3. The Hall–Kier alpha value is -2.43. The molecule has 0 aliphatic heterocycles. The van der Waals surface area contributed by atoms with E-state index in [0.29, 0.717) is 12.5 Å². The Balaban J connectivity index is 1.73. The van der Waals surface area contributed by atoms with Crippen LogP contribution in [0.1, 0.15) is 56.1 Å². The Morgan fingerprint density at radius 2 is 1.92 bits per heavy atom. The number of aromatic nitrogens is 2. The summed E-state index contributed by atoms with van der Waals surface area (Å²) in [5.41, 5.74) is 1.28. The molecule has 26 heavy (non-hydrogen) atoms. The van der Waals surface area contributed by atoms with E-state index in [4.69, 9.17) is 0 Å². The highest BCUT2D eigenvalue weighted by Gasteiger charge is 2.33. The van der Waals surface area contributed by atoms with E-state index >= 15 is 0 Å². The largest absolute Gasteiger partial charge is 0.348 e. The van der Waals surface area contributed by atoms with Crippen molar-refractivity contribution in [2.24, 2.45) is 11.3 Å². The van der Waals surface area contributed by atoms with Gasteiger partial charge in [0.25, 0.3) is 11.5 Å². The average molecular weight is 353 g/mol. The summed E-state index contributed by atoms with van der Waals surface area (Å²) < 4.78 is 1.34. The van der Waals surface area contributed by atoms with E-state index in [1.165, 1.54) is 23.2 Å². The molecule has 1 saturated carbocycles. The summed E-state index contributed by atoms with van der Waals surface area (Å²) >= 11 is 0. The molecule has 1 aliphatic rings. The number of carbonyl (C=O) groups excluding carboxylic acids is 1. The van der Waals surface area contributed by atoms with Crippen LogP contribution >= 0.6 is 0 Å². The van der Waals surface area contributed by atoms with Crippen molar-refractivity contribution in [1.29, 1.82) is 0 Å². The second-order valence-corrected chi connectivity index (χ2v) is 8.28. The van der Waals surface area contributed by atoms with Gasteiger partial charge in [0, 0.05) is 12.1 Å². The minimum absolute atomic E-state index is 0.151. The van der Waals surface area contributed by atoms with Crippen molar-refractivity contribution in [2.45, 2.75) is 52.6 Å². The molecule has 1 amide bonds.